The molecule has 0 amide bonds. The Labute approximate surface area is 194 Å². The number of rotatable bonds is 7. The number of piperidine rings is 3. The van der Waals surface area contributed by atoms with E-state index in [0.29, 0.717) is 5.54 Å². The van der Waals surface area contributed by atoms with Crippen LogP contribution in [0.2, 0.25) is 0 Å². The van der Waals surface area contributed by atoms with Crippen LogP contribution in [0.1, 0.15) is 86.5 Å². The third kappa shape index (κ3) is 8.95. The fourth-order valence-electron chi connectivity index (χ4n) is 5.95. The molecule has 3 saturated heterocycles. The molecule has 3 rings (SSSR count). The van der Waals surface area contributed by atoms with E-state index in [2.05, 4.69) is 56.2 Å². The van der Waals surface area contributed by atoms with Crippen molar-refractivity contribution in [2.45, 2.75) is 97.6 Å². The molecule has 0 atom stereocenters. The molecule has 0 saturated carbocycles. The molecule has 3 fully saturated rings. The van der Waals surface area contributed by atoms with Crippen molar-refractivity contribution in [1.82, 2.24) is 14.7 Å². The average molecular weight is 436 g/mol. The summed E-state index contributed by atoms with van der Waals surface area (Å²) in [6, 6.07) is 0. The summed E-state index contributed by atoms with van der Waals surface area (Å²) in [6.45, 7) is 24.8. The molecule has 3 heterocycles. The second kappa shape index (κ2) is 11.3. The van der Waals surface area contributed by atoms with Crippen LogP contribution >= 0.6 is 0 Å². The Kier molecular flexibility index (Phi) is 9.29. The van der Waals surface area contributed by atoms with Crippen molar-refractivity contribution < 1.29 is 4.74 Å². The van der Waals surface area contributed by atoms with E-state index >= 15 is 0 Å². The lowest BCUT2D eigenvalue weighted by atomic mass is 9.82. The Morgan fingerprint density at radius 1 is 0.645 bits per heavy atom. The minimum absolute atomic E-state index is 0.00303. The zero-order valence-corrected chi connectivity index (χ0v) is 21.8. The lowest BCUT2D eigenvalue weighted by Gasteiger charge is -2.43. The summed E-state index contributed by atoms with van der Waals surface area (Å²) in [7, 11) is 0. The molecular weight excluding hydrogens is 382 g/mol. The summed E-state index contributed by atoms with van der Waals surface area (Å²) in [5.41, 5.74) is 0.344. The molecule has 0 radical (unpaired) electrons. The quantitative estimate of drug-likeness (QED) is 0.552. The minimum Gasteiger partial charge on any atom is -0.375 e. The maximum atomic E-state index is 5.92. The number of nitrogens with zero attached hydrogens (tertiary/aromatic N) is 3. The maximum absolute atomic E-state index is 5.92. The van der Waals surface area contributed by atoms with Gasteiger partial charge in [-0.25, -0.2) is 0 Å². The first-order valence-electron chi connectivity index (χ1n) is 13.4. The standard InChI is InChI=1S/C27H53N3O/c1-26(2,3)30-17-11-25(12-18-30)22-29-15-9-24(10-16-29)21-23-7-13-28(14-8-23)19-20-31-27(4,5)6/h23-25H,7-22H2,1-6H3. The van der Waals surface area contributed by atoms with Gasteiger partial charge in [0.25, 0.3) is 0 Å². The summed E-state index contributed by atoms with van der Waals surface area (Å²) in [5.74, 6) is 2.89. The Morgan fingerprint density at radius 2 is 1.13 bits per heavy atom. The van der Waals surface area contributed by atoms with Gasteiger partial charge in [-0.3, -0.25) is 4.90 Å². The van der Waals surface area contributed by atoms with Gasteiger partial charge in [0, 0.05) is 18.6 Å². The second-order valence-corrected chi connectivity index (χ2v) is 12.8. The largest absolute Gasteiger partial charge is 0.375 e. The smallest absolute Gasteiger partial charge is 0.0600 e. The minimum atomic E-state index is -0.00303. The van der Waals surface area contributed by atoms with E-state index in [0.717, 1.165) is 30.9 Å². The highest BCUT2D eigenvalue weighted by atomic mass is 16.5. The van der Waals surface area contributed by atoms with E-state index < -0.39 is 0 Å². The molecule has 0 aromatic rings. The van der Waals surface area contributed by atoms with Gasteiger partial charge in [-0.1, -0.05) is 0 Å². The Balaban J connectivity index is 1.26. The molecule has 0 N–H and O–H groups in total. The lowest BCUT2D eigenvalue weighted by molar-refractivity contribution is -0.0167. The molecule has 3 aliphatic rings. The molecule has 0 bridgehead atoms. The molecule has 3 aliphatic heterocycles. The predicted molar refractivity (Wildman–Crippen MR) is 133 cm³/mol. The van der Waals surface area contributed by atoms with E-state index in [1.165, 1.54) is 90.8 Å². The van der Waals surface area contributed by atoms with E-state index in [9.17, 15) is 0 Å². The fourth-order valence-corrected chi connectivity index (χ4v) is 5.95. The lowest BCUT2D eigenvalue weighted by Crippen LogP contribution is -2.48. The Morgan fingerprint density at radius 3 is 1.61 bits per heavy atom. The molecule has 0 spiro atoms. The molecule has 0 aliphatic carbocycles. The first kappa shape index (κ1) is 25.5. The van der Waals surface area contributed by atoms with Gasteiger partial charge in [0.1, 0.15) is 0 Å². The van der Waals surface area contributed by atoms with Crippen LogP contribution in [0.3, 0.4) is 0 Å². The summed E-state index contributed by atoms with van der Waals surface area (Å²) < 4.78 is 5.92. The van der Waals surface area contributed by atoms with Crippen LogP contribution in [0.5, 0.6) is 0 Å². The number of ether oxygens (including phenoxy) is 1. The predicted octanol–water partition coefficient (Wildman–Crippen LogP) is 5.13. The van der Waals surface area contributed by atoms with E-state index in [1.807, 2.05) is 0 Å². The van der Waals surface area contributed by atoms with E-state index in [-0.39, 0.29) is 5.60 Å². The number of hydrogen-bond acceptors (Lipinski definition) is 4. The van der Waals surface area contributed by atoms with E-state index in [1.54, 1.807) is 0 Å². The van der Waals surface area contributed by atoms with Crippen LogP contribution in [0.4, 0.5) is 0 Å². The normalized spacial score (nSPS) is 25.4. The Hall–Kier alpha value is -0.160. The van der Waals surface area contributed by atoms with Gasteiger partial charge in [-0.05, 0) is 144 Å². The molecule has 0 unspecified atom stereocenters. The van der Waals surface area contributed by atoms with Crippen molar-refractivity contribution in [2.75, 3.05) is 59.0 Å². The SMILES string of the molecule is CC(C)(C)OCCN1CCC(CC2CCN(CC3CCN(C(C)(C)C)CC3)CC2)CC1. The summed E-state index contributed by atoms with van der Waals surface area (Å²) in [5, 5.41) is 0. The molecular formula is C27H53N3O. The number of likely N-dealkylation sites (tertiary alicyclic amines) is 3. The highest BCUT2D eigenvalue weighted by Gasteiger charge is 2.30. The van der Waals surface area contributed by atoms with E-state index in [4.69, 9.17) is 4.74 Å². The van der Waals surface area contributed by atoms with Gasteiger partial charge in [-0.2, -0.15) is 0 Å². The first-order valence-corrected chi connectivity index (χ1v) is 13.4. The third-order valence-corrected chi connectivity index (χ3v) is 8.10. The molecule has 0 aromatic carbocycles. The highest BCUT2D eigenvalue weighted by Crippen LogP contribution is 2.31. The molecule has 31 heavy (non-hydrogen) atoms. The summed E-state index contributed by atoms with van der Waals surface area (Å²) in [6.07, 6.45) is 9.99. The van der Waals surface area contributed by atoms with Gasteiger partial charge in [0.15, 0.2) is 0 Å². The first-order chi connectivity index (χ1) is 14.6. The Bertz CT molecular complexity index is 500. The molecule has 4 heteroatoms. The van der Waals surface area contributed by atoms with Gasteiger partial charge in [-0.15, -0.1) is 0 Å². The second-order valence-electron chi connectivity index (χ2n) is 12.8. The van der Waals surface area contributed by atoms with Crippen molar-refractivity contribution in [1.29, 1.82) is 0 Å². The van der Waals surface area contributed by atoms with Crippen LogP contribution in [0.25, 0.3) is 0 Å². The zero-order valence-electron chi connectivity index (χ0n) is 21.8. The average Bonchev–Trinajstić information content (AvgIpc) is 2.70. The zero-order chi connectivity index (χ0) is 22.5. The van der Waals surface area contributed by atoms with Crippen LogP contribution in [-0.4, -0.2) is 84.8 Å². The van der Waals surface area contributed by atoms with Gasteiger partial charge in [0.2, 0.25) is 0 Å². The van der Waals surface area contributed by atoms with Crippen LogP contribution in [0.15, 0.2) is 0 Å². The molecule has 4 nitrogen and oxygen atoms in total. The van der Waals surface area contributed by atoms with Crippen LogP contribution < -0.4 is 0 Å². The topological polar surface area (TPSA) is 19.0 Å². The monoisotopic (exact) mass is 435 g/mol. The number of hydrogen-bond donors (Lipinski definition) is 0. The van der Waals surface area contributed by atoms with Crippen molar-refractivity contribution >= 4 is 0 Å². The molecule has 182 valence electrons. The third-order valence-electron chi connectivity index (χ3n) is 8.10. The fraction of sp³-hybridized carbons (Fsp3) is 1.00. The van der Waals surface area contributed by atoms with Crippen molar-refractivity contribution in [2.24, 2.45) is 17.8 Å². The summed E-state index contributed by atoms with van der Waals surface area (Å²) in [4.78, 5) is 8.10. The van der Waals surface area contributed by atoms with Gasteiger partial charge < -0.3 is 14.5 Å². The van der Waals surface area contributed by atoms with Crippen molar-refractivity contribution in [3.8, 4) is 0 Å². The van der Waals surface area contributed by atoms with Crippen molar-refractivity contribution in [3.05, 3.63) is 0 Å². The van der Waals surface area contributed by atoms with Crippen molar-refractivity contribution in [3.63, 3.8) is 0 Å². The molecule has 0 aromatic heterocycles. The maximum Gasteiger partial charge on any atom is 0.0600 e. The van der Waals surface area contributed by atoms with Gasteiger partial charge in [0.05, 0.1) is 12.2 Å². The van der Waals surface area contributed by atoms with Crippen LogP contribution in [-0.2, 0) is 4.74 Å². The van der Waals surface area contributed by atoms with Gasteiger partial charge >= 0.3 is 0 Å². The highest BCUT2D eigenvalue weighted by molar-refractivity contribution is 4.84. The summed E-state index contributed by atoms with van der Waals surface area (Å²) >= 11 is 0. The van der Waals surface area contributed by atoms with Crippen LogP contribution in [0, 0.1) is 17.8 Å².